The van der Waals surface area contributed by atoms with Gasteiger partial charge in [0, 0.05) is 11.5 Å². The molecule has 3 aromatic carbocycles. The summed E-state index contributed by atoms with van der Waals surface area (Å²) >= 11 is 1.36. The highest BCUT2D eigenvalue weighted by Crippen LogP contribution is 2.39. The van der Waals surface area contributed by atoms with Crippen molar-refractivity contribution in [2.75, 3.05) is 11.2 Å². The first-order valence-corrected chi connectivity index (χ1v) is 11.4. The smallest absolute Gasteiger partial charge is 0.291 e. The average Bonchev–Trinajstić information content (AvgIpc) is 2.82. The molecule has 0 fully saturated rings. The van der Waals surface area contributed by atoms with Gasteiger partial charge in [-0.15, -0.1) is 0 Å². The first kappa shape index (κ1) is 19.5. The number of anilines is 1. The first-order chi connectivity index (χ1) is 15.1. The quantitative estimate of drug-likeness (QED) is 0.396. The zero-order chi connectivity index (χ0) is 21.5. The molecule has 31 heavy (non-hydrogen) atoms. The van der Waals surface area contributed by atoms with Gasteiger partial charge in [0.05, 0.1) is 16.8 Å². The lowest BCUT2D eigenvalue weighted by Crippen LogP contribution is -2.60. The molecule has 7 heteroatoms. The van der Waals surface area contributed by atoms with Crippen LogP contribution in [0.15, 0.2) is 76.7 Å². The number of aromatic amines is 1. The van der Waals surface area contributed by atoms with Gasteiger partial charge in [-0.25, -0.2) is 4.90 Å². The summed E-state index contributed by atoms with van der Waals surface area (Å²) in [6.07, 6.45) is 1.63. The molecule has 0 radical (unpaired) electrons. The van der Waals surface area contributed by atoms with Gasteiger partial charge in [0.25, 0.3) is 6.17 Å². The summed E-state index contributed by atoms with van der Waals surface area (Å²) in [5.41, 5.74) is 2.57. The topological polar surface area (TPSA) is 69.9 Å². The van der Waals surface area contributed by atoms with E-state index in [1.165, 1.54) is 11.8 Å². The van der Waals surface area contributed by atoms with Crippen molar-refractivity contribution in [2.45, 2.75) is 24.7 Å². The second-order valence-electron chi connectivity index (χ2n) is 7.33. The van der Waals surface area contributed by atoms with Crippen LogP contribution in [0.1, 0.15) is 25.1 Å². The Labute approximate surface area is 183 Å². The molecule has 6 nitrogen and oxygen atoms in total. The molecule has 2 heterocycles. The van der Waals surface area contributed by atoms with Gasteiger partial charge in [-0.2, -0.15) is 0 Å². The standard InChI is InChI=1S/C24H20N4O2S/c1-3-20(29)27-19-14-7-6-12-18(19)21-22(30)25-24(31-2)26-28(21)23(27)17-13-8-10-15-9-4-5-11-16(15)17/h4-14,23H,3H2,1-2H3/p+1/t23-/m1/s1. The Morgan fingerprint density at radius 1 is 1.10 bits per heavy atom. The molecule has 154 valence electrons. The lowest BCUT2D eigenvalue weighted by Gasteiger charge is -2.32. The number of amides is 1. The number of thioether (sulfide) groups is 1. The third kappa shape index (κ3) is 3.04. The summed E-state index contributed by atoms with van der Waals surface area (Å²) in [5.74, 6) is -0.0312. The predicted molar refractivity (Wildman–Crippen MR) is 122 cm³/mol. The fourth-order valence-corrected chi connectivity index (χ4v) is 4.62. The van der Waals surface area contributed by atoms with Crippen LogP contribution in [-0.2, 0) is 4.79 Å². The van der Waals surface area contributed by atoms with Crippen LogP contribution >= 0.6 is 11.8 Å². The van der Waals surface area contributed by atoms with Crippen molar-refractivity contribution in [1.82, 2.24) is 10.1 Å². The summed E-state index contributed by atoms with van der Waals surface area (Å²) in [7, 11) is 0. The summed E-state index contributed by atoms with van der Waals surface area (Å²) in [6, 6.07) is 21.6. The van der Waals surface area contributed by atoms with Gasteiger partial charge in [0.15, 0.2) is 0 Å². The Morgan fingerprint density at radius 3 is 2.65 bits per heavy atom. The Morgan fingerprint density at radius 2 is 1.84 bits per heavy atom. The normalized spacial score (nSPS) is 14.9. The fourth-order valence-electron chi connectivity index (χ4n) is 4.26. The van der Waals surface area contributed by atoms with Crippen molar-refractivity contribution >= 4 is 34.1 Å². The van der Waals surface area contributed by atoms with Crippen molar-refractivity contribution in [3.63, 3.8) is 0 Å². The van der Waals surface area contributed by atoms with Crippen LogP contribution in [0.4, 0.5) is 5.69 Å². The Kier molecular flexibility index (Phi) is 4.82. The minimum Gasteiger partial charge on any atom is -0.291 e. The number of carbonyl (C=O) groups excluding carboxylic acids is 1. The number of H-pyrrole nitrogens is 1. The van der Waals surface area contributed by atoms with Crippen LogP contribution < -0.4 is 15.1 Å². The predicted octanol–water partition coefficient (Wildman–Crippen LogP) is 3.90. The molecule has 0 aliphatic carbocycles. The van der Waals surface area contributed by atoms with E-state index in [9.17, 15) is 9.59 Å². The van der Waals surface area contributed by atoms with E-state index in [-0.39, 0.29) is 11.5 Å². The van der Waals surface area contributed by atoms with E-state index in [0.717, 1.165) is 22.0 Å². The van der Waals surface area contributed by atoms with E-state index in [1.807, 2.05) is 79.9 Å². The van der Waals surface area contributed by atoms with Crippen molar-refractivity contribution in [1.29, 1.82) is 0 Å². The molecule has 1 aromatic heterocycles. The van der Waals surface area contributed by atoms with Crippen molar-refractivity contribution in [2.24, 2.45) is 0 Å². The number of nitrogens with one attached hydrogen (secondary N) is 1. The van der Waals surface area contributed by atoms with E-state index in [1.54, 1.807) is 9.58 Å². The third-order valence-electron chi connectivity index (χ3n) is 5.62. The number of hydrogen-bond acceptors (Lipinski definition) is 4. The van der Waals surface area contributed by atoms with Crippen LogP contribution in [0.25, 0.3) is 22.0 Å². The van der Waals surface area contributed by atoms with E-state index in [4.69, 9.17) is 5.10 Å². The Bertz CT molecular complexity index is 1380. The summed E-state index contributed by atoms with van der Waals surface area (Å²) in [5, 5.41) is 7.35. The van der Waals surface area contributed by atoms with Crippen molar-refractivity contribution < 1.29 is 9.48 Å². The van der Waals surface area contributed by atoms with Gasteiger partial charge in [0.1, 0.15) is 0 Å². The third-order valence-corrected chi connectivity index (χ3v) is 6.19. The Balaban J connectivity index is 1.91. The minimum atomic E-state index is -0.573. The van der Waals surface area contributed by atoms with Crippen LogP contribution in [0.2, 0.25) is 0 Å². The highest BCUT2D eigenvalue weighted by Gasteiger charge is 2.45. The maximum Gasteiger partial charge on any atom is 0.325 e. The molecule has 0 spiro atoms. The van der Waals surface area contributed by atoms with E-state index >= 15 is 0 Å². The monoisotopic (exact) mass is 429 g/mol. The number of hydrogen-bond donors (Lipinski definition) is 1. The maximum atomic E-state index is 13.3. The lowest BCUT2D eigenvalue weighted by molar-refractivity contribution is -0.762. The number of rotatable bonds is 3. The number of carbonyl (C=O) groups is 1. The minimum absolute atomic E-state index is 0.0312. The molecule has 1 aliphatic heterocycles. The largest absolute Gasteiger partial charge is 0.325 e. The molecular weight excluding hydrogens is 408 g/mol. The SMILES string of the molecule is CCC(=O)N1c2ccccc2-c2c(=O)[nH]c(SC)n[n+]2[C@@H]1c1cccc2ccccc12. The lowest BCUT2D eigenvalue weighted by atomic mass is 9.97. The molecule has 5 rings (SSSR count). The molecular formula is C24H21N4O2S+. The van der Waals surface area contributed by atoms with Crippen LogP contribution in [-0.4, -0.2) is 22.2 Å². The summed E-state index contributed by atoms with van der Waals surface area (Å²) < 4.78 is 1.71. The zero-order valence-electron chi connectivity index (χ0n) is 17.2. The molecule has 4 aromatic rings. The van der Waals surface area contributed by atoms with Crippen molar-refractivity contribution in [3.8, 4) is 11.3 Å². The van der Waals surface area contributed by atoms with Crippen molar-refractivity contribution in [3.05, 3.63) is 82.6 Å². The van der Waals surface area contributed by atoms with Crippen LogP contribution in [0.5, 0.6) is 0 Å². The molecule has 0 saturated heterocycles. The number of nitrogens with zero attached hydrogens (tertiary/aromatic N) is 3. The van der Waals surface area contributed by atoms with Gasteiger partial charge < -0.3 is 0 Å². The van der Waals surface area contributed by atoms with Crippen LogP contribution in [0, 0.1) is 0 Å². The number of para-hydroxylation sites is 1. The van der Waals surface area contributed by atoms with E-state index < -0.39 is 6.17 Å². The summed E-state index contributed by atoms with van der Waals surface area (Å²) in [6.45, 7) is 1.85. The first-order valence-electron chi connectivity index (χ1n) is 10.1. The zero-order valence-corrected chi connectivity index (χ0v) is 18.0. The molecule has 1 amide bonds. The van der Waals surface area contributed by atoms with Crippen LogP contribution in [0.3, 0.4) is 0 Å². The molecule has 1 aliphatic rings. The molecule has 1 N–H and O–H groups in total. The molecule has 1 atom stereocenters. The van der Waals surface area contributed by atoms with E-state index in [2.05, 4.69) is 4.98 Å². The number of fused-ring (bicyclic) bond motifs is 4. The number of benzene rings is 3. The molecule has 0 bridgehead atoms. The second-order valence-corrected chi connectivity index (χ2v) is 8.13. The highest BCUT2D eigenvalue weighted by molar-refractivity contribution is 7.98. The van der Waals surface area contributed by atoms with Gasteiger partial charge >= 0.3 is 11.3 Å². The van der Waals surface area contributed by atoms with Gasteiger partial charge in [-0.1, -0.05) is 67.2 Å². The average molecular weight is 430 g/mol. The second kappa shape index (κ2) is 7.67. The van der Waals surface area contributed by atoms with Gasteiger partial charge in [-0.3, -0.25) is 14.6 Å². The Hall–Kier alpha value is -3.45. The maximum absolute atomic E-state index is 13.3. The fraction of sp³-hybridized carbons (Fsp3) is 0.167. The molecule has 0 unspecified atom stereocenters. The highest BCUT2D eigenvalue weighted by atomic mass is 32.2. The van der Waals surface area contributed by atoms with Gasteiger partial charge in [0.2, 0.25) is 11.1 Å². The summed E-state index contributed by atoms with van der Waals surface area (Å²) in [4.78, 5) is 31.1. The van der Waals surface area contributed by atoms with E-state index in [0.29, 0.717) is 22.8 Å². The molecule has 0 saturated carbocycles. The number of aromatic nitrogens is 3. The van der Waals surface area contributed by atoms with Gasteiger partial charge in [-0.05, 0) is 39.9 Å².